The van der Waals surface area contributed by atoms with Gasteiger partial charge >= 0.3 is 0 Å². The molecule has 3 rings (SSSR count). The summed E-state index contributed by atoms with van der Waals surface area (Å²) in [6.45, 7) is 0.171. The normalized spacial score (nSPS) is 15.8. The summed E-state index contributed by atoms with van der Waals surface area (Å²) in [5.74, 6) is 0.0297. The van der Waals surface area contributed by atoms with E-state index < -0.39 is 0 Å². The van der Waals surface area contributed by atoms with E-state index in [9.17, 15) is 9.59 Å². The van der Waals surface area contributed by atoms with Crippen LogP contribution in [0.3, 0.4) is 0 Å². The van der Waals surface area contributed by atoms with E-state index in [2.05, 4.69) is 5.32 Å². The molecule has 1 saturated heterocycles. The molecule has 2 amide bonds. The van der Waals surface area contributed by atoms with Crippen LogP contribution in [0.15, 0.2) is 45.9 Å². The van der Waals surface area contributed by atoms with Crippen molar-refractivity contribution in [2.24, 2.45) is 0 Å². The van der Waals surface area contributed by atoms with Gasteiger partial charge in [-0.05, 0) is 24.3 Å². The second kappa shape index (κ2) is 8.26. The van der Waals surface area contributed by atoms with Gasteiger partial charge in [-0.25, -0.2) is 0 Å². The van der Waals surface area contributed by atoms with E-state index in [1.165, 1.54) is 22.9 Å². The van der Waals surface area contributed by atoms with Gasteiger partial charge in [0.25, 0.3) is 5.91 Å². The molecule has 0 bridgehead atoms. The first kappa shape index (κ1) is 19.0. The molecule has 1 aromatic heterocycles. The Bertz CT molecular complexity index is 897. The van der Waals surface area contributed by atoms with E-state index in [4.69, 9.17) is 39.8 Å². The number of nitrogens with one attached hydrogen (secondary N) is 1. The maximum atomic E-state index is 12.4. The Hall–Kier alpha value is -1.80. The molecule has 5 nitrogen and oxygen atoms in total. The number of anilines is 1. The highest BCUT2D eigenvalue weighted by Crippen LogP contribution is 2.33. The quantitative estimate of drug-likeness (QED) is 0.548. The molecule has 0 unspecified atom stereocenters. The zero-order valence-electron chi connectivity index (χ0n) is 13.2. The summed E-state index contributed by atoms with van der Waals surface area (Å²) in [5.41, 5.74) is 0.423. The van der Waals surface area contributed by atoms with Crippen molar-refractivity contribution in [3.63, 3.8) is 0 Å². The lowest BCUT2D eigenvalue weighted by molar-refractivity contribution is -0.122. The fourth-order valence-corrected chi connectivity index (χ4v) is 3.86. The molecule has 1 aliphatic rings. The highest BCUT2D eigenvalue weighted by atomic mass is 35.5. The molecule has 1 aromatic carbocycles. The molecule has 0 radical (unpaired) electrons. The number of furan rings is 1. The van der Waals surface area contributed by atoms with Crippen LogP contribution in [-0.4, -0.2) is 27.6 Å². The number of amides is 2. The molecule has 0 aliphatic carbocycles. The lowest BCUT2D eigenvalue weighted by atomic mass is 10.3. The van der Waals surface area contributed by atoms with Crippen molar-refractivity contribution >= 4 is 75.1 Å². The molecule has 0 spiro atoms. The van der Waals surface area contributed by atoms with Gasteiger partial charge in [0.15, 0.2) is 0 Å². The Balaban J connectivity index is 1.60. The number of halogens is 2. The second-order valence-electron chi connectivity index (χ2n) is 5.25. The minimum absolute atomic E-state index is 0.0727. The van der Waals surface area contributed by atoms with Gasteiger partial charge in [-0.2, -0.15) is 0 Å². The molecule has 1 N–H and O–H groups in total. The summed E-state index contributed by atoms with van der Waals surface area (Å²) in [7, 11) is 0. The smallest absolute Gasteiger partial charge is 0.266 e. The topological polar surface area (TPSA) is 62.6 Å². The van der Waals surface area contributed by atoms with Crippen LogP contribution in [0.4, 0.5) is 5.69 Å². The average molecular weight is 427 g/mol. The zero-order chi connectivity index (χ0) is 18.7. The lowest BCUT2D eigenvalue weighted by Crippen LogP contribution is -2.31. The first-order valence-corrected chi connectivity index (χ1v) is 9.46. The van der Waals surface area contributed by atoms with Crippen molar-refractivity contribution in [2.45, 2.75) is 6.42 Å². The summed E-state index contributed by atoms with van der Waals surface area (Å²) >= 11 is 18.4. The van der Waals surface area contributed by atoms with Crippen molar-refractivity contribution < 1.29 is 14.0 Å². The highest BCUT2D eigenvalue weighted by Gasteiger charge is 2.32. The number of carbonyl (C=O) groups is 2. The molecule has 26 heavy (non-hydrogen) atoms. The third kappa shape index (κ3) is 4.29. The summed E-state index contributed by atoms with van der Waals surface area (Å²) in [6, 6.07) is 8.45. The van der Waals surface area contributed by atoms with E-state index in [1.807, 2.05) is 0 Å². The van der Waals surface area contributed by atoms with Crippen LogP contribution >= 0.6 is 47.2 Å². The van der Waals surface area contributed by atoms with Crippen molar-refractivity contribution in [2.75, 3.05) is 11.9 Å². The molecular formula is C17H12Cl2N2O3S2. The van der Waals surface area contributed by atoms with Gasteiger partial charge in [-0.15, -0.1) is 0 Å². The predicted molar refractivity (Wildman–Crippen MR) is 108 cm³/mol. The molecule has 9 heteroatoms. The van der Waals surface area contributed by atoms with Crippen LogP contribution in [0.1, 0.15) is 12.2 Å². The lowest BCUT2D eigenvalue weighted by Gasteiger charge is -2.14. The van der Waals surface area contributed by atoms with Crippen LogP contribution < -0.4 is 5.32 Å². The molecule has 134 valence electrons. The van der Waals surface area contributed by atoms with E-state index in [-0.39, 0.29) is 29.8 Å². The van der Waals surface area contributed by atoms with Crippen molar-refractivity contribution in [3.05, 3.63) is 57.3 Å². The number of thiocarbonyl (C=S) groups is 1. The summed E-state index contributed by atoms with van der Waals surface area (Å²) in [4.78, 5) is 26.5. The Kier molecular flexibility index (Phi) is 6.03. The van der Waals surface area contributed by atoms with Crippen molar-refractivity contribution in [1.29, 1.82) is 0 Å². The Morgan fingerprint density at radius 1 is 1.31 bits per heavy atom. The molecule has 2 heterocycles. The summed E-state index contributed by atoms with van der Waals surface area (Å²) in [6.07, 6.45) is 3.23. The Morgan fingerprint density at radius 3 is 2.85 bits per heavy atom. The first-order chi connectivity index (χ1) is 12.5. The van der Waals surface area contributed by atoms with Gasteiger partial charge in [-0.3, -0.25) is 14.5 Å². The number of benzene rings is 1. The molecule has 2 aromatic rings. The second-order valence-corrected chi connectivity index (χ2v) is 7.71. The number of hydrogen-bond donors (Lipinski definition) is 1. The maximum Gasteiger partial charge on any atom is 0.266 e. The first-order valence-electron chi connectivity index (χ1n) is 7.48. The highest BCUT2D eigenvalue weighted by molar-refractivity contribution is 8.26. The monoisotopic (exact) mass is 426 g/mol. The molecule has 1 aliphatic heterocycles. The fourth-order valence-electron chi connectivity index (χ4n) is 2.22. The van der Waals surface area contributed by atoms with Gasteiger partial charge in [0.05, 0.1) is 26.9 Å². The number of rotatable bonds is 5. The van der Waals surface area contributed by atoms with Crippen molar-refractivity contribution in [3.8, 4) is 0 Å². The van der Waals surface area contributed by atoms with Crippen LogP contribution in [0, 0.1) is 0 Å². The van der Waals surface area contributed by atoms with Gasteiger partial charge in [0, 0.05) is 19.0 Å². The van der Waals surface area contributed by atoms with Crippen LogP contribution in [0.5, 0.6) is 0 Å². The van der Waals surface area contributed by atoms with Crippen LogP contribution in [0.25, 0.3) is 6.08 Å². The van der Waals surface area contributed by atoms with Gasteiger partial charge in [0.2, 0.25) is 5.91 Å². The molecule has 0 atom stereocenters. The van der Waals surface area contributed by atoms with Gasteiger partial charge in [-0.1, -0.05) is 53.2 Å². The standard InChI is InChI=1S/C17H12Cl2N2O3S2/c18-11-4-1-5-12(15(11)19)20-14(22)6-7-21-16(23)13(26-17(21)25)9-10-3-2-8-24-10/h1-5,8-9H,6-7H2,(H,20,22). The van der Waals surface area contributed by atoms with Crippen LogP contribution in [-0.2, 0) is 9.59 Å². The van der Waals surface area contributed by atoms with Gasteiger partial charge in [0.1, 0.15) is 10.1 Å². The largest absolute Gasteiger partial charge is 0.465 e. The SMILES string of the molecule is O=C(CCN1C(=O)C(=Cc2ccco2)SC1=S)Nc1cccc(Cl)c1Cl. The van der Waals surface area contributed by atoms with E-state index in [0.29, 0.717) is 25.7 Å². The van der Waals surface area contributed by atoms with E-state index in [1.54, 1.807) is 36.4 Å². The van der Waals surface area contributed by atoms with Crippen molar-refractivity contribution in [1.82, 2.24) is 4.90 Å². The zero-order valence-corrected chi connectivity index (χ0v) is 16.3. The average Bonchev–Trinajstić information content (AvgIpc) is 3.20. The third-order valence-corrected chi connectivity index (χ3v) is 5.67. The molecule has 0 saturated carbocycles. The third-order valence-electron chi connectivity index (χ3n) is 3.48. The summed E-state index contributed by atoms with van der Waals surface area (Å²) in [5, 5.41) is 3.30. The fraction of sp³-hybridized carbons (Fsp3) is 0.118. The maximum absolute atomic E-state index is 12.4. The summed E-state index contributed by atoms with van der Waals surface area (Å²) < 4.78 is 5.61. The predicted octanol–water partition coefficient (Wildman–Crippen LogP) is 4.82. The Labute approximate surface area is 169 Å². The minimum atomic E-state index is -0.293. The minimum Gasteiger partial charge on any atom is -0.465 e. The van der Waals surface area contributed by atoms with Crippen LogP contribution in [0.2, 0.25) is 10.0 Å². The number of hydrogen-bond acceptors (Lipinski definition) is 5. The number of thioether (sulfide) groups is 1. The van der Waals surface area contributed by atoms with E-state index in [0.717, 1.165) is 0 Å². The van der Waals surface area contributed by atoms with Gasteiger partial charge < -0.3 is 9.73 Å². The molecular weight excluding hydrogens is 415 g/mol. The van der Waals surface area contributed by atoms with E-state index >= 15 is 0 Å². The number of carbonyl (C=O) groups excluding carboxylic acids is 2. The number of nitrogens with zero attached hydrogens (tertiary/aromatic N) is 1. The molecule has 1 fully saturated rings. The Morgan fingerprint density at radius 2 is 2.12 bits per heavy atom.